The molecule has 1 aliphatic heterocycles. The monoisotopic (exact) mass is 439 g/mol. The molecule has 3 aromatic rings. The molecule has 2 aromatic heterocycles. The zero-order chi connectivity index (χ0) is 20.7. The molecule has 1 fully saturated rings. The fourth-order valence-electron chi connectivity index (χ4n) is 4.22. The molecule has 6 nitrogen and oxygen atoms in total. The van der Waals surface area contributed by atoms with Gasteiger partial charge in [-0.2, -0.15) is 0 Å². The van der Waals surface area contributed by atoms with Gasteiger partial charge in [0.1, 0.15) is 16.3 Å². The third-order valence-electron chi connectivity index (χ3n) is 5.62. The van der Waals surface area contributed by atoms with Crippen molar-refractivity contribution in [2.75, 3.05) is 6.61 Å². The largest absolute Gasteiger partial charge is 0.494 e. The number of rotatable bonds is 5. The Kier molecular flexibility index (Phi) is 4.83. The Morgan fingerprint density at radius 2 is 2.03 bits per heavy atom. The van der Waals surface area contributed by atoms with E-state index in [1.54, 1.807) is 11.3 Å². The number of hydrogen-bond acceptors (Lipinski definition) is 6. The van der Waals surface area contributed by atoms with Crippen LogP contribution in [0.15, 0.2) is 41.1 Å². The van der Waals surface area contributed by atoms with Crippen LogP contribution in [0.3, 0.4) is 0 Å². The number of thiophene rings is 1. The average molecular weight is 440 g/mol. The van der Waals surface area contributed by atoms with Gasteiger partial charge in [-0.15, -0.1) is 22.7 Å². The Morgan fingerprint density at radius 1 is 1.20 bits per heavy atom. The van der Waals surface area contributed by atoms with Gasteiger partial charge < -0.3 is 10.1 Å². The van der Waals surface area contributed by atoms with Crippen LogP contribution in [0.1, 0.15) is 35.9 Å². The van der Waals surface area contributed by atoms with Crippen LogP contribution in [-0.4, -0.2) is 28.4 Å². The molecule has 2 aliphatic rings. The maximum absolute atomic E-state index is 13.3. The molecular weight excluding hydrogens is 418 g/mol. The molecular formula is C22H21N3O3S2. The van der Waals surface area contributed by atoms with Crippen LogP contribution in [0.5, 0.6) is 5.75 Å². The fourth-order valence-corrected chi connectivity index (χ4v) is 6.04. The first kappa shape index (κ1) is 19.3. The summed E-state index contributed by atoms with van der Waals surface area (Å²) in [6, 6.07) is 9.42. The number of thiazole rings is 1. The van der Waals surface area contributed by atoms with Crippen LogP contribution in [0.2, 0.25) is 0 Å². The van der Waals surface area contributed by atoms with Gasteiger partial charge in [-0.3, -0.25) is 9.69 Å². The molecule has 0 unspecified atom stereocenters. The predicted molar refractivity (Wildman–Crippen MR) is 117 cm³/mol. The summed E-state index contributed by atoms with van der Waals surface area (Å²) in [6.07, 6.45) is 2.51. The number of nitrogens with one attached hydrogen (secondary N) is 1. The lowest BCUT2D eigenvalue weighted by Crippen LogP contribution is -2.46. The van der Waals surface area contributed by atoms with Gasteiger partial charge in [-0.25, -0.2) is 9.78 Å². The molecule has 3 amide bonds. The third-order valence-corrected chi connectivity index (χ3v) is 7.54. The summed E-state index contributed by atoms with van der Waals surface area (Å²) >= 11 is 3.16. The quantitative estimate of drug-likeness (QED) is 0.592. The highest BCUT2D eigenvalue weighted by molar-refractivity contribution is 7.13. The first-order valence-corrected chi connectivity index (χ1v) is 11.8. The lowest BCUT2D eigenvalue weighted by atomic mass is 9.80. The number of urea groups is 1. The maximum atomic E-state index is 13.3. The van der Waals surface area contributed by atoms with E-state index in [1.807, 2.05) is 48.0 Å². The number of carbonyl (C=O) groups is 2. The van der Waals surface area contributed by atoms with E-state index in [0.29, 0.717) is 18.7 Å². The highest BCUT2D eigenvalue weighted by Gasteiger charge is 2.54. The number of amides is 3. The number of carbonyl (C=O) groups excluding carboxylic acids is 2. The minimum absolute atomic E-state index is 0.164. The summed E-state index contributed by atoms with van der Waals surface area (Å²) in [5.74, 6) is 0.658. The normalized spacial score (nSPS) is 20.5. The minimum Gasteiger partial charge on any atom is -0.494 e. The topological polar surface area (TPSA) is 71.5 Å². The maximum Gasteiger partial charge on any atom is 0.325 e. The fraction of sp³-hybridized carbons (Fsp3) is 0.318. The lowest BCUT2D eigenvalue weighted by molar-refractivity contribution is -0.132. The highest BCUT2D eigenvalue weighted by atomic mass is 32.1. The Bertz CT molecular complexity index is 1110. The predicted octanol–water partition coefficient (Wildman–Crippen LogP) is 4.55. The molecule has 154 valence electrons. The van der Waals surface area contributed by atoms with E-state index in [2.05, 4.69) is 10.3 Å². The van der Waals surface area contributed by atoms with E-state index in [9.17, 15) is 9.59 Å². The summed E-state index contributed by atoms with van der Waals surface area (Å²) in [4.78, 5) is 33.2. The number of aromatic nitrogens is 1. The van der Waals surface area contributed by atoms with Crippen molar-refractivity contribution < 1.29 is 14.3 Å². The molecule has 8 heteroatoms. The Morgan fingerprint density at radius 3 is 2.83 bits per heavy atom. The molecule has 1 aliphatic carbocycles. The number of nitrogens with zero attached hydrogens (tertiary/aromatic N) is 2. The molecule has 1 saturated heterocycles. The highest BCUT2D eigenvalue weighted by Crippen LogP contribution is 2.42. The number of ether oxygens (including phenoxy) is 1. The number of fused-ring (bicyclic) bond motifs is 2. The second kappa shape index (κ2) is 7.52. The Labute approximate surface area is 182 Å². The van der Waals surface area contributed by atoms with Crippen LogP contribution >= 0.6 is 22.7 Å². The van der Waals surface area contributed by atoms with Crippen molar-refractivity contribution in [1.82, 2.24) is 15.2 Å². The second-order valence-corrected chi connectivity index (χ2v) is 9.30. The smallest absolute Gasteiger partial charge is 0.325 e. The van der Waals surface area contributed by atoms with Crippen molar-refractivity contribution in [1.29, 1.82) is 0 Å². The molecule has 0 saturated carbocycles. The SMILES string of the molecule is CCOc1ccc(-c2nc(CN3C(=O)N[C@@]4(CCCc5sccc54)C3=O)cs2)cc1. The number of benzene rings is 1. The van der Waals surface area contributed by atoms with Gasteiger partial charge in [-0.1, -0.05) is 0 Å². The molecule has 1 spiro atoms. The van der Waals surface area contributed by atoms with Gasteiger partial charge in [-0.05, 0) is 61.9 Å². The third kappa shape index (κ3) is 3.11. The van der Waals surface area contributed by atoms with Crippen LogP contribution in [0, 0.1) is 0 Å². The average Bonchev–Trinajstić information content (AvgIpc) is 3.46. The van der Waals surface area contributed by atoms with Crippen LogP contribution in [0.4, 0.5) is 4.79 Å². The molecule has 1 N–H and O–H groups in total. The van der Waals surface area contributed by atoms with E-state index in [-0.39, 0.29) is 18.5 Å². The molecule has 1 aromatic carbocycles. The van der Waals surface area contributed by atoms with E-state index in [4.69, 9.17) is 4.74 Å². The molecule has 3 heterocycles. The van der Waals surface area contributed by atoms with Gasteiger partial charge in [0.25, 0.3) is 5.91 Å². The van der Waals surface area contributed by atoms with E-state index in [1.165, 1.54) is 21.1 Å². The summed E-state index contributed by atoms with van der Waals surface area (Å²) in [5.41, 5.74) is 1.76. The molecule has 0 radical (unpaired) electrons. The van der Waals surface area contributed by atoms with Crippen LogP contribution < -0.4 is 10.1 Å². The summed E-state index contributed by atoms with van der Waals surface area (Å²) < 4.78 is 5.48. The van der Waals surface area contributed by atoms with E-state index in [0.717, 1.165) is 34.7 Å². The lowest BCUT2D eigenvalue weighted by Gasteiger charge is -2.31. The zero-order valence-corrected chi connectivity index (χ0v) is 18.1. The zero-order valence-electron chi connectivity index (χ0n) is 16.5. The van der Waals surface area contributed by atoms with E-state index >= 15 is 0 Å². The number of aryl methyl sites for hydroxylation is 1. The summed E-state index contributed by atoms with van der Waals surface area (Å²) in [6.45, 7) is 2.76. The van der Waals surface area contributed by atoms with Crippen molar-refractivity contribution >= 4 is 34.6 Å². The van der Waals surface area contributed by atoms with Crippen LogP contribution in [0.25, 0.3) is 10.6 Å². The summed E-state index contributed by atoms with van der Waals surface area (Å²) in [5, 5.41) is 7.76. The Balaban J connectivity index is 1.36. The first-order chi connectivity index (χ1) is 14.6. The van der Waals surface area contributed by atoms with E-state index < -0.39 is 5.54 Å². The van der Waals surface area contributed by atoms with Crippen molar-refractivity contribution in [3.05, 3.63) is 57.2 Å². The van der Waals surface area contributed by atoms with Gasteiger partial charge in [0, 0.05) is 21.4 Å². The van der Waals surface area contributed by atoms with Gasteiger partial charge in [0.05, 0.1) is 18.8 Å². The van der Waals surface area contributed by atoms with Gasteiger partial charge >= 0.3 is 6.03 Å². The van der Waals surface area contributed by atoms with Crippen molar-refractivity contribution in [3.8, 4) is 16.3 Å². The Hall–Kier alpha value is -2.71. The van der Waals surface area contributed by atoms with Crippen molar-refractivity contribution in [2.24, 2.45) is 0 Å². The second-order valence-electron chi connectivity index (χ2n) is 7.44. The van der Waals surface area contributed by atoms with Gasteiger partial charge in [0.2, 0.25) is 0 Å². The van der Waals surface area contributed by atoms with Gasteiger partial charge in [0.15, 0.2) is 0 Å². The van der Waals surface area contributed by atoms with Crippen LogP contribution in [-0.2, 0) is 23.3 Å². The minimum atomic E-state index is -0.904. The molecule has 5 rings (SSSR count). The number of imide groups is 1. The van der Waals surface area contributed by atoms with Crippen molar-refractivity contribution in [2.45, 2.75) is 38.3 Å². The molecule has 30 heavy (non-hydrogen) atoms. The summed E-state index contributed by atoms with van der Waals surface area (Å²) in [7, 11) is 0. The molecule has 0 bridgehead atoms. The first-order valence-electron chi connectivity index (χ1n) is 9.99. The van der Waals surface area contributed by atoms with Crippen molar-refractivity contribution in [3.63, 3.8) is 0 Å². The molecule has 1 atom stereocenters. The standard InChI is InChI=1S/C22H21N3O3S2/c1-2-28-16-7-5-14(6-8-16)19-23-15(13-30-19)12-25-20(26)22(24-21(25)27)10-3-4-18-17(22)9-11-29-18/h5-9,11,13H,2-4,10,12H2,1H3,(H,24,27)/t22-/m1/s1. The number of hydrogen-bond donors (Lipinski definition) is 1.